The minimum Gasteiger partial charge on any atom is -0.422 e. The van der Waals surface area contributed by atoms with Crippen molar-refractivity contribution < 1.29 is 22.3 Å². The first-order valence-electron chi connectivity index (χ1n) is 10.0. The van der Waals surface area contributed by atoms with E-state index in [-0.39, 0.29) is 25.0 Å². The Morgan fingerprint density at radius 1 is 1.32 bits per heavy atom. The molecular weight excluding hydrogens is 459 g/mol. The van der Waals surface area contributed by atoms with Crippen LogP contribution in [0.3, 0.4) is 0 Å². The van der Waals surface area contributed by atoms with Crippen molar-refractivity contribution in [2.45, 2.75) is 31.7 Å². The van der Waals surface area contributed by atoms with E-state index in [4.69, 9.17) is 14.4 Å². The van der Waals surface area contributed by atoms with Gasteiger partial charge in [-0.3, -0.25) is 4.79 Å². The van der Waals surface area contributed by atoms with Gasteiger partial charge in [-0.15, -0.1) is 10.2 Å². The number of hydrogen-bond donors (Lipinski definition) is 2. The molecule has 0 aliphatic carbocycles. The van der Waals surface area contributed by atoms with Crippen molar-refractivity contribution in [2.24, 2.45) is 0 Å². The van der Waals surface area contributed by atoms with Crippen LogP contribution in [0, 0.1) is 11.3 Å². The molecule has 34 heavy (non-hydrogen) atoms. The van der Waals surface area contributed by atoms with E-state index in [1.54, 1.807) is 12.0 Å². The first kappa shape index (κ1) is 23.1. The van der Waals surface area contributed by atoms with E-state index in [9.17, 15) is 18.0 Å². The van der Waals surface area contributed by atoms with Gasteiger partial charge in [-0.05, 0) is 6.92 Å². The zero-order chi connectivity index (χ0) is 24.3. The number of rotatable bonds is 8. The Kier molecular flexibility index (Phi) is 6.41. The number of nitriles is 1. The summed E-state index contributed by atoms with van der Waals surface area (Å²) in [5.74, 6) is 1.15. The van der Waals surface area contributed by atoms with E-state index in [2.05, 4.69) is 30.6 Å². The highest BCUT2D eigenvalue weighted by molar-refractivity contribution is 5.50. The first-order valence-corrected chi connectivity index (χ1v) is 10.0. The van der Waals surface area contributed by atoms with Crippen LogP contribution in [0.25, 0.3) is 0 Å². The standard InChI is InChI=1S/C19H18F3N9O3/c1-10(27-13-5-26-29-16(32)15(13)19(20,21)22)8-33-9-14-28-30-17(34-14)12-6-31(7-12)18-24-3-11(2-23)4-25-18/h3-5,10,12H,6-9H2,1H3,(H2,27,29,32). The van der Waals surface area contributed by atoms with Crippen LogP contribution >= 0.6 is 0 Å². The van der Waals surface area contributed by atoms with Crippen molar-refractivity contribution in [1.29, 1.82) is 5.26 Å². The summed E-state index contributed by atoms with van der Waals surface area (Å²) in [6.45, 7) is 2.71. The molecule has 0 saturated carbocycles. The highest BCUT2D eigenvalue weighted by Crippen LogP contribution is 2.32. The van der Waals surface area contributed by atoms with Gasteiger partial charge in [0.15, 0.2) is 0 Å². The number of anilines is 2. The quantitative estimate of drug-likeness (QED) is 0.483. The smallest absolute Gasteiger partial charge is 0.422 e. The predicted molar refractivity (Wildman–Crippen MR) is 109 cm³/mol. The van der Waals surface area contributed by atoms with E-state index in [1.807, 2.05) is 11.0 Å². The van der Waals surface area contributed by atoms with Gasteiger partial charge in [-0.1, -0.05) is 0 Å². The summed E-state index contributed by atoms with van der Waals surface area (Å²) in [5.41, 5.74) is -2.74. The third kappa shape index (κ3) is 5.12. The van der Waals surface area contributed by atoms with Crippen molar-refractivity contribution in [3.8, 4) is 6.07 Å². The lowest BCUT2D eigenvalue weighted by molar-refractivity contribution is -0.138. The third-order valence-corrected chi connectivity index (χ3v) is 4.90. The maximum absolute atomic E-state index is 13.1. The number of aromatic nitrogens is 6. The average molecular weight is 477 g/mol. The van der Waals surface area contributed by atoms with Gasteiger partial charge < -0.3 is 19.4 Å². The van der Waals surface area contributed by atoms with Crippen LogP contribution in [0.4, 0.5) is 24.8 Å². The molecule has 0 bridgehead atoms. The molecule has 2 N–H and O–H groups in total. The first-order chi connectivity index (χ1) is 16.2. The second kappa shape index (κ2) is 9.43. The number of hydrogen-bond acceptors (Lipinski definition) is 11. The van der Waals surface area contributed by atoms with Gasteiger partial charge in [0.2, 0.25) is 17.7 Å². The van der Waals surface area contributed by atoms with Crippen molar-refractivity contribution in [3.63, 3.8) is 0 Å². The zero-order valence-corrected chi connectivity index (χ0v) is 17.7. The molecule has 1 fully saturated rings. The normalized spacial score (nSPS) is 15.0. The molecule has 1 aliphatic rings. The Bertz CT molecular complexity index is 1230. The predicted octanol–water partition coefficient (Wildman–Crippen LogP) is 1.45. The molecule has 3 aromatic rings. The van der Waals surface area contributed by atoms with E-state index in [1.165, 1.54) is 12.4 Å². The topological polar surface area (TPSA) is 159 Å². The molecule has 0 radical (unpaired) electrons. The van der Waals surface area contributed by atoms with Gasteiger partial charge in [0.25, 0.3) is 5.56 Å². The second-order valence-corrected chi connectivity index (χ2v) is 7.57. The number of ether oxygens (including phenoxy) is 1. The lowest BCUT2D eigenvalue weighted by Gasteiger charge is -2.36. The van der Waals surface area contributed by atoms with Crippen molar-refractivity contribution in [2.75, 3.05) is 29.9 Å². The molecule has 3 aromatic heterocycles. The Morgan fingerprint density at radius 2 is 2.06 bits per heavy atom. The molecule has 1 atom stereocenters. The molecule has 0 spiro atoms. The second-order valence-electron chi connectivity index (χ2n) is 7.57. The summed E-state index contributed by atoms with van der Waals surface area (Å²) in [6.07, 6.45) is -1.04. The highest BCUT2D eigenvalue weighted by atomic mass is 19.4. The van der Waals surface area contributed by atoms with Crippen LogP contribution in [-0.4, -0.2) is 56.1 Å². The van der Waals surface area contributed by atoms with Crippen molar-refractivity contribution >= 4 is 11.6 Å². The molecule has 1 saturated heterocycles. The largest absolute Gasteiger partial charge is 0.423 e. The van der Waals surface area contributed by atoms with Crippen LogP contribution in [0.5, 0.6) is 0 Å². The molecule has 178 valence electrons. The van der Waals surface area contributed by atoms with E-state index < -0.39 is 29.0 Å². The molecule has 1 aliphatic heterocycles. The van der Waals surface area contributed by atoms with E-state index >= 15 is 0 Å². The molecular formula is C19H18F3N9O3. The van der Waals surface area contributed by atoms with Crippen molar-refractivity contribution in [3.05, 3.63) is 51.9 Å². The number of nitrogens with zero attached hydrogens (tertiary/aromatic N) is 7. The summed E-state index contributed by atoms with van der Waals surface area (Å²) in [7, 11) is 0. The fourth-order valence-electron chi connectivity index (χ4n) is 3.25. The van der Waals surface area contributed by atoms with Crippen LogP contribution in [0.2, 0.25) is 0 Å². The summed E-state index contributed by atoms with van der Waals surface area (Å²) < 4.78 is 50.4. The van der Waals surface area contributed by atoms with Gasteiger partial charge in [-0.25, -0.2) is 15.1 Å². The maximum atomic E-state index is 13.1. The van der Waals surface area contributed by atoms with Crippen LogP contribution in [-0.2, 0) is 17.5 Å². The number of H-pyrrole nitrogens is 1. The summed E-state index contributed by atoms with van der Waals surface area (Å²) in [5, 5.41) is 24.5. The van der Waals surface area contributed by atoms with Gasteiger partial charge in [0.1, 0.15) is 18.2 Å². The highest BCUT2D eigenvalue weighted by Gasteiger charge is 2.37. The third-order valence-electron chi connectivity index (χ3n) is 4.90. The summed E-state index contributed by atoms with van der Waals surface area (Å²) in [4.78, 5) is 21.7. The van der Waals surface area contributed by atoms with Crippen LogP contribution in [0.1, 0.15) is 35.7 Å². The average Bonchev–Trinajstić information content (AvgIpc) is 3.20. The fraction of sp³-hybridized carbons (Fsp3) is 0.421. The van der Waals surface area contributed by atoms with Crippen LogP contribution < -0.4 is 15.8 Å². The Hall–Kier alpha value is -4.06. The lowest BCUT2D eigenvalue weighted by Crippen LogP contribution is -2.46. The number of aromatic amines is 1. The SMILES string of the molecule is CC(COCc1nnc(C2CN(c3ncc(C#N)cn3)C2)o1)Nc1cn[nH]c(=O)c1C(F)(F)F. The molecule has 0 amide bonds. The molecule has 12 nitrogen and oxygen atoms in total. The van der Waals surface area contributed by atoms with Crippen LogP contribution in [0.15, 0.2) is 27.8 Å². The molecule has 4 rings (SSSR count). The fourth-order valence-corrected chi connectivity index (χ4v) is 3.25. The van der Waals surface area contributed by atoms with E-state index in [0.29, 0.717) is 30.5 Å². The Labute approximate surface area is 189 Å². The number of nitrogens with one attached hydrogen (secondary N) is 2. The molecule has 1 unspecified atom stereocenters. The molecule has 4 heterocycles. The van der Waals surface area contributed by atoms with Gasteiger partial charge >= 0.3 is 6.18 Å². The number of halogens is 3. The van der Waals surface area contributed by atoms with E-state index in [0.717, 1.165) is 6.20 Å². The summed E-state index contributed by atoms with van der Waals surface area (Å²) in [6, 6.07) is 1.39. The lowest BCUT2D eigenvalue weighted by atomic mass is 10.0. The minimum atomic E-state index is -4.83. The minimum absolute atomic E-state index is 0.00875. The van der Waals surface area contributed by atoms with Crippen molar-refractivity contribution in [1.82, 2.24) is 30.4 Å². The Balaban J connectivity index is 1.25. The monoisotopic (exact) mass is 477 g/mol. The zero-order valence-electron chi connectivity index (χ0n) is 17.7. The van der Waals surface area contributed by atoms with Gasteiger partial charge in [0, 0.05) is 19.1 Å². The molecule has 0 aromatic carbocycles. The van der Waals surface area contributed by atoms with Gasteiger partial charge in [-0.2, -0.15) is 23.5 Å². The van der Waals surface area contributed by atoms with Gasteiger partial charge in [0.05, 0.1) is 42.4 Å². The summed E-state index contributed by atoms with van der Waals surface area (Å²) >= 11 is 0. The molecule has 15 heteroatoms. The number of alkyl halides is 3. The maximum Gasteiger partial charge on any atom is 0.423 e. The Morgan fingerprint density at radius 3 is 2.74 bits per heavy atom.